The summed E-state index contributed by atoms with van der Waals surface area (Å²) in [5, 5.41) is 0. The molecule has 4 nitrogen and oxygen atoms in total. The summed E-state index contributed by atoms with van der Waals surface area (Å²) in [5.41, 5.74) is 0. The van der Waals surface area contributed by atoms with Crippen LogP contribution in [-0.2, 0) is 18.9 Å². The van der Waals surface area contributed by atoms with Crippen molar-refractivity contribution in [2.24, 2.45) is 0 Å². The van der Waals surface area contributed by atoms with E-state index in [2.05, 4.69) is 26.7 Å². The van der Waals surface area contributed by atoms with Gasteiger partial charge in [-0.25, -0.2) is 0 Å². The third-order valence-corrected chi connectivity index (χ3v) is 7.98. The molecule has 0 spiro atoms. The first-order chi connectivity index (χ1) is 19.8. The zero-order chi connectivity index (χ0) is 28.9. The van der Waals surface area contributed by atoms with Crippen LogP contribution in [0.4, 0.5) is 0 Å². The van der Waals surface area contributed by atoms with Gasteiger partial charge >= 0.3 is 0 Å². The minimum atomic E-state index is -0.314. The molecule has 4 atom stereocenters. The predicted molar refractivity (Wildman–Crippen MR) is 172 cm³/mol. The first kappa shape index (κ1) is 37.1. The van der Waals surface area contributed by atoms with Gasteiger partial charge in [0.25, 0.3) is 0 Å². The van der Waals surface area contributed by atoms with E-state index in [-0.39, 0.29) is 24.6 Å². The predicted octanol–water partition coefficient (Wildman–Crippen LogP) is 10.7. The lowest BCUT2D eigenvalue weighted by Crippen LogP contribution is -2.39. The third kappa shape index (κ3) is 19.2. The molecule has 1 aliphatic heterocycles. The van der Waals surface area contributed by atoms with Gasteiger partial charge in [0.1, 0.15) is 12.2 Å². The van der Waals surface area contributed by atoms with Gasteiger partial charge in [0.05, 0.1) is 6.10 Å². The summed E-state index contributed by atoms with van der Waals surface area (Å²) < 4.78 is 25.6. The maximum Gasteiger partial charge on any atom is 0.186 e. The lowest BCUT2D eigenvalue weighted by molar-refractivity contribution is -0.179. The number of rotatable bonds is 31. The van der Waals surface area contributed by atoms with E-state index < -0.39 is 0 Å². The zero-order valence-corrected chi connectivity index (χ0v) is 26.5. The topological polar surface area (TPSA) is 36.9 Å². The molecule has 1 unspecified atom stereocenters. The van der Waals surface area contributed by atoms with E-state index in [1.165, 1.54) is 96.3 Å². The van der Waals surface area contributed by atoms with Crippen molar-refractivity contribution in [3.63, 3.8) is 0 Å². The molecule has 0 aromatic carbocycles. The molecule has 1 fully saturated rings. The summed E-state index contributed by atoms with van der Waals surface area (Å²) in [6.45, 7) is 15.9. The summed E-state index contributed by atoms with van der Waals surface area (Å²) in [4.78, 5) is 0. The Hall–Kier alpha value is -0.940. The van der Waals surface area contributed by atoms with Gasteiger partial charge in [-0.1, -0.05) is 102 Å². The van der Waals surface area contributed by atoms with Crippen LogP contribution in [0.5, 0.6) is 0 Å². The monoisotopic (exact) mass is 562 g/mol. The standard InChI is InChI=1S/C36H66O4/c1-5-9-12-15-18-21-24-27-30-37-34-33(8-4)40-36(39-32-29-26-23-20-17-14-11-7-3)35(34)38-31-28-25-22-19-16-13-10-6-2/h5-7,33-36H,1-3,8-32H2,4H3/t33-,34+,35?,36-/m1/s1. The fourth-order valence-electron chi connectivity index (χ4n) is 5.46. The van der Waals surface area contributed by atoms with Gasteiger partial charge < -0.3 is 18.9 Å². The highest BCUT2D eigenvalue weighted by molar-refractivity contribution is 4.89. The van der Waals surface area contributed by atoms with Crippen LogP contribution in [0.2, 0.25) is 0 Å². The van der Waals surface area contributed by atoms with E-state index in [4.69, 9.17) is 18.9 Å². The number of hydrogen-bond donors (Lipinski definition) is 0. The molecule has 4 heteroatoms. The van der Waals surface area contributed by atoms with Gasteiger partial charge in [-0.15, -0.1) is 19.7 Å². The Morgan fingerprint density at radius 1 is 0.475 bits per heavy atom. The minimum absolute atomic E-state index is 0.0358. The molecule has 0 bridgehead atoms. The molecule has 0 amide bonds. The Bertz CT molecular complexity index is 577. The lowest BCUT2D eigenvalue weighted by Gasteiger charge is -2.25. The molecule has 0 aromatic heterocycles. The van der Waals surface area contributed by atoms with E-state index >= 15 is 0 Å². The van der Waals surface area contributed by atoms with Crippen LogP contribution in [0.15, 0.2) is 38.0 Å². The molecule has 0 N–H and O–H groups in total. The van der Waals surface area contributed by atoms with Gasteiger partial charge in [-0.05, 0) is 64.2 Å². The molecule has 0 radical (unpaired) electrons. The number of hydrogen-bond acceptors (Lipinski definition) is 4. The highest BCUT2D eigenvalue weighted by Crippen LogP contribution is 2.30. The molecule has 1 aliphatic rings. The smallest absolute Gasteiger partial charge is 0.186 e. The Kier molecular flexibility index (Phi) is 26.1. The minimum Gasteiger partial charge on any atom is -0.373 e. The first-order valence-electron chi connectivity index (χ1n) is 17.1. The van der Waals surface area contributed by atoms with Crippen molar-refractivity contribution < 1.29 is 18.9 Å². The van der Waals surface area contributed by atoms with Crippen LogP contribution in [0.3, 0.4) is 0 Å². The zero-order valence-electron chi connectivity index (χ0n) is 26.5. The Morgan fingerprint density at radius 2 is 0.825 bits per heavy atom. The molecule has 1 saturated heterocycles. The van der Waals surface area contributed by atoms with Crippen molar-refractivity contribution in [2.75, 3.05) is 19.8 Å². The summed E-state index contributed by atoms with van der Waals surface area (Å²) in [7, 11) is 0. The third-order valence-electron chi connectivity index (χ3n) is 7.98. The van der Waals surface area contributed by atoms with E-state index in [1.807, 2.05) is 18.2 Å². The van der Waals surface area contributed by atoms with Crippen molar-refractivity contribution in [3.05, 3.63) is 38.0 Å². The van der Waals surface area contributed by atoms with Gasteiger partial charge in [0.2, 0.25) is 0 Å². The fourth-order valence-corrected chi connectivity index (χ4v) is 5.46. The molecule has 0 saturated carbocycles. The van der Waals surface area contributed by atoms with E-state index in [0.29, 0.717) is 0 Å². The molecule has 234 valence electrons. The highest BCUT2D eigenvalue weighted by atomic mass is 16.7. The molecule has 1 heterocycles. The molecular formula is C36H66O4. The Labute approximate surface area is 249 Å². The van der Waals surface area contributed by atoms with Gasteiger partial charge in [0, 0.05) is 19.8 Å². The number of allylic oxidation sites excluding steroid dienone is 3. The Morgan fingerprint density at radius 3 is 1.23 bits per heavy atom. The van der Waals surface area contributed by atoms with Crippen LogP contribution in [0.25, 0.3) is 0 Å². The second-order valence-electron chi connectivity index (χ2n) is 11.6. The van der Waals surface area contributed by atoms with Crippen molar-refractivity contribution in [3.8, 4) is 0 Å². The number of unbranched alkanes of at least 4 members (excludes halogenated alkanes) is 18. The molecular weight excluding hydrogens is 496 g/mol. The molecule has 0 aliphatic carbocycles. The SMILES string of the molecule is C=CCCCCCCCCOC1[C@H](OCCCCCCCCC=C)O[C@H](CC)[C@@H]1OCCCCCCCCC=C. The lowest BCUT2D eigenvalue weighted by atomic mass is 10.1. The average Bonchev–Trinajstić information content (AvgIpc) is 3.30. The number of ether oxygens (including phenoxy) is 4. The van der Waals surface area contributed by atoms with Crippen LogP contribution < -0.4 is 0 Å². The normalized spacial score (nSPS) is 20.6. The average molecular weight is 563 g/mol. The van der Waals surface area contributed by atoms with Crippen LogP contribution in [0, 0.1) is 0 Å². The summed E-state index contributed by atoms with van der Waals surface area (Å²) >= 11 is 0. The summed E-state index contributed by atoms with van der Waals surface area (Å²) in [6.07, 6.45) is 32.3. The van der Waals surface area contributed by atoms with Crippen molar-refractivity contribution >= 4 is 0 Å². The van der Waals surface area contributed by atoms with Gasteiger partial charge in [-0.2, -0.15) is 0 Å². The second-order valence-corrected chi connectivity index (χ2v) is 11.6. The largest absolute Gasteiger partial charge is 0.373 e. The first-order valence-corrected chi connectivity index (χ1v) is 17.1. The van der Waals surface area contributed by atoms with Crippen LogP contribution >= 0.6 is 0 Å². The molecule has 0 aromatic rings. The molecule has 40 heavy (non-hydrogen) atoms. The Balaban J connectivity index is 2.42. The maximum absolute atomic E-state index is 6.47. The van der Waals surface area contributed by atoms with E-state index in [9.17, 15) is 0 Å². The maximum atomic E-state index is 6.47. The van der Waals surface area contributed by atoms with Gasteiger partial charge in [0.15, 0.2) is 6.29 Å². The van der Waals surface area contributed by atoms with Crippen molar-refractivity contribution in [2.45, 2.75) is 173 Å². The second kappa shape index (κ2) is 28.2. The molecule has 1 rings (SSSR count). The van der Waals surface area contributed by atoms with E-state index in [0.717, 1.165) is 64.8 Å². The van der Waals surface area contributed by atoms with E-state index in [1.54, 1.807) is 0 Å². The summed E-state index contributed by atoms with van der Waals surface area (Å²) in [6, 6.07) is 0. The van der Waals surface area contributed by atoms with Crippen molar-refractivity contribution in [1.29, 1.82) is 0 Å². The summed E-state index contributed by atoms with van der Waals surface area (Å²) in [5.74, 6) is 0. The quantitative estimate of drug-likeness (QED) is 0.0622. The van der Waals surface area contributed by atoms with Crippen LogP contribution in [-0.4, -0.2) is 44.4 Å². The van der Waals surface area contributed by atoms with Gasteiger partial charge in [-0.3, -0.25) is 0 Å². The van der Waals surface area contributed by atoms with Crippen molar-refractivity contribution in [1.82, 2.24) is 0 Å². The fraction of sp³-hybridized carbons (Fsp3) is 0.833. The van der Waals surface area contributed by atoms with Crippen LogP contribution in [0.1, 0.15) is 148 Å². The highest BCUT2D eigenvalue weighted by Gasteiger charge is 2.46.